The third-order valence-corrected chi connectivity index (χ3v) is 4.66. The Labute approximate surface area is 133 Å². The summed E-state index contributed by atoms with van der Waals surface area (Å²) < 4.78 is 0.763. The van der Waals surface area contributed by atoms with Gasteiger partial charge >= 0.3 is 0 Å². The molecule has 1 N–H and O–H groups in total. The highest BCUT2D eigenvalue weighted by Crippen LogP contribution is 2.24. The van der Waals surface area contributed by atoms with E-state index in [4.69, 9.17) is 11.6 Å². The first-order valence-corrected chi connectivity index (χ1v) is 8.24. The van der Waals surface area contributed by atoms with E-state index in [1.807, 2.05) is 11.8 Å². The maximum Gasteiger partial charge on any atom is 0.254 e. The van der Waals surface area contributed by atoms with Gasteiger partial charge in [0, 0.05) is 22.6 Å². The van der Waals surface area contributed by atoms with Gasteiger partial charge in [-0.1, -0.05) is 11.6 Å². The van der Waals surface area contributed by atoms with Gasteiger partial charge < -0.3 is 10.2 Å². The van der Waals surface area contributed by atoms with Gasteiger partial charge in [0.1, 0.15) is 0 Å². The fraction of sp³-hybridized carbons (Fsp3) is 0.533. The zero-order chi connectivity index (χ0) is 14.5. The summed E-state index contributed by atoms with van der Waals surface area (Å²) in [5, 5.41) is 3.99. The minimum Gasteiger partial charge on any atom is -0.339 e. The van der Waals surface area contributed by atoms with Crippen LogP contribution in [0.25, 0.3) is 0 Å². The number of rotatable bonds is 4. The van der Waals surface area contributed by atoms with Crippen molar-refractivity contribution < 1.29 is 4.79 Å². The number of hydrogen-bond donors (Lipinski definition) is 1. The van der Waals surface area contributed by atoms with Crippen LogP contribution in [-0.2, 0) is 0 Å². The molecular weight excluding hydrogens is 340 g/mol. The second kappa shape index (κ2) is 7.43. The predicted molar refractivity (Wildman–Crippen MR) is 86.3 cm³/mol. The van der Waals surface area contributed by atoms with E-state index >= 15 is 0 Å². The van der Waals surface area contributed by atoms with Crippen molar-refractivity contribution in [2.24, 2.45) is 5.92 Å². The molecule has 0 aromatic heterocycles. The van der Waals surface area contributed by atoms with Crippen LogP contribution < -0.4 is 5.32 Å². The molecule has 1 saturated heterocycles. The molecule has 1 aliphatic rings. The van der Waals surface area contributed by atoms with Crippen molar-refractivity contribution in [3.63, 3.8) is 0 Å². The molecular formula is C15H20BrClN2O. The van der Waals surface area contributed by atoms with E-state index < -0.39 is 0 Å². The summed E-state index contributed by atoms with van der Waals surface area (Å²) in [6.45, 7) is 5.72. The zero-order valence-electron chi connectivity index (χ0n) is 11.7. The molecule has 1 aliphatic heterocycles. The molecule has 2 rings (SSSR count). The number of amides is 1. The Morgan fingerprint density at radius 1 is 1.45 bits per heavy atom. The summed E-state index contributed by atoms with van der Waals surface area (Å²) >= 11 is 9.36. The Morgan fingerprint density at radius 2 is 2.15 bits per heavy atom. The summed E-state index contributed by atoms with van der Waals surface area (Å²) in [6, 6.07) is 5.32. The van der Waals surface area contributed by atoms with Crippen LogP contribution in [0.1, 0.15) is 30.1 Å². The third-order valence-electron chi connectivity index (χ3n) is 3.77. The Hall–Kier alpha value is -0.580. The predicted octanol–water partition coefficient (Wildman–Crippen LogP) is 3.56. The van der Waals surface area contributed by atoms with Gasteiger partial charge in [0.25, 0.3) is 5.91 Å². The highest BCUT2D eigenvalue weighted by molar-refractivity contribution is 9.10. The monoisotopic (exact) mass is 358 g/mol. The number of nitrogens with zero attached hydrogens (tertiary/aromatic N) is 1. The molecule has 1 aromatic rings. The Balaban J connectivity index is 2.07. The number of hydrogen-bond acceptors (Lipinski definition) is 2. The van der Waals surface area contributed by atoms with Gasteiger partial charge in [-0.2, -0.15) is 0 Å². The fourth-order valence-electron chi connectivity index (χ4n) is 2.56. The zero-order valence-corrected chi connectivity index (χ0v) is 14.0. The van der Waals surface area contributed by atoms with Gasteiger partial charge in [-0.05, 0) is 72.9 Å². The number of carbonyl (C=O) groups excluding carboxylic acids is 1. The number of halogens is 2. The van der Waals surface area contributed by atoms with E-state index in [1.165, 1.54) is 0 Å². The van der Waals surface area contributed by atoms with Crippen LogP contribution >= 0.6 is 27.5 Å². The molecule has 0 saturated carbocycles. The second-order valence-electron chi connectivity index (χ2n) is 5.16. The van der Waals surface area contributed by atoms with Crippen LogP contribution in [0.15, 0.2) is 22.7 Å². The highest BCUT2D eigenvalue weighted by atomic mass is 79.9. The van der Waals surface area contributed by atoms with Gasteiger partial charge in [-0.25, -0.2) is 0 Å². The van der Waals surface area contributed by atoms with Gasteiger partial charge in [0.2, 0.25) is 0 Å². The van der Waals surface area contributed by atoms with Crippen molar-refractivity contribution in [3.05, 3.63) is 33.3 Å². The van der Waals surface area contributed by atoms with Crippen LogP contribution in [0.3, 0.4) is 0 Å². The lowest BCUT2D eigenvalue weighted by molar-refractivity contribution is 0.0726. The molecule has 110 valence electrons. The molecule has 1 heterocycles. The highest BCUT2D eigenvalue weighted by Gasteiger charge is 2.22. The van der Waals surface area contributed by atoms with E-state index in [2.05, 4.69) is 21.2 Å². The van der Waals surface area contributed by atoms with Crippen molar-refractivity contribution >= 4 is 33.4 Å². The van der Waals surface area contributed by atoms with Crippen molar-refractivity contribution in [1.82, 2.24) is 10.2 Å². The van der Waals surface area contributed by atoms with E-state index in [0.717, 1.165) is 43.5 Å². The molecule has 0 unspecified atom stereocenters. The number of benzene rings is 1. The van der Waals surface area contributed by atoms with Crippen molar-refractivity contribution in [2.45, 2.75) is 19.8 Å². The first kappa shape index (κ1) is 15.8. The van der Waals surface area contributed by atoms with Crippen LogP contribution in [0, 0.1) is 5.92 Å². The number of piperidine rings is 1. The van der Waals surface area contributed by atoms with Gasteiger partial charge in [-0.3, -0.25) is 4.79 Å². The second-order valence-corrected chi connectivity index (χ2v) is 6.45. The van der Waals surface area contributed by atoms with E-state index in [-0.39, 0.29) is 5.91 Å². The number of carbonyl (C=O) groups is 1. The fourth-order valence-corrected chi connectivity index (χ4v) is 3.42. The summed E-state index contributed by atoms with van der Waals surface area (Å²) in [5.41, 5.74) is 0.685. The van der Waals surface area contributed by atoms with Gasteiger partial charge in [0.05, 0.1) is 5.56 Å². The molecule has 0 radical (unpaired) electrons. The molecule has 1 amide bonds. The van der Waals surface area contributed by atoms with Crippen LogP contribution in [0.5, 0.6) is 0 Å². The van der Waals surface area contributed by atoms with E-state index in [0.29, 0.717) is 16.5 Å². The first-order chi connectivity index (χ1) is 9.61. The lowest BCUT2D eigenvalue weighted by Gasteiger charge is -2.29. The van der Waals surface area contributed by atoms with E-state index in [9.17, 15) is 4.79 Å². The lowest BCUT2D eigenvalue weighted by Crippen LogP contribution is -2.39. The Bertz CT molecular complexity index is 475. The quantitative estimate of drug-likeness (QED) is 0.891. The third kappa shape index (κ3) is 3.96. The molecule has 5 heteroatoms. The SMILES string of the molecule is CCN(CC1CCNCC1)C(=O)c1ccc(Cl)cc1Br. The summed E-state index contributed by atoms with van der Waals surface area (Å²) in [7, 11) is 0. The van der Waals surface area contributed by atoms with Gasteiger partial charge in [-0.15, -0.1) is 0 Å². The first-order valence-electron chi connectivity index (χ1n) is 7.07. The van der Waals surface area contributed by atoms with Crippen LogP contribution in [0.2, 0.25) is 5.02 Å². The Kier molecular flexibility index (Phi) is 5.87. The molecule has 0 bridgehead atoms. The van der Waals surface area contributed by atoms with Crippen molar-refractivity contribution in [1.29, 1.82) is 0 Å². The molecule has 1 aromatic carbocycles. The smallest absolute Gasteiger partial charge is 0.254 e. The van der Waals surface area contributed by atoms with Gasteiger partial charge in [0.15, 0.2) is 0 Å². The molecule has 0 aliphatic carbocycles. The molecule has 1 fully saturated rings. The topological polar surface area (TPSA) is 32.3 Å². The van der Waals surface area contributed by atoms with Crippen LogP contribution in [-0.4, -0.2) is 37.0 Å². The standard InChI is InChI=1S/C15H20BrClN2O/c1-2-19(10-11-5-7-18-8-6-11)15(20)13-4-3-12(17)9-14(13)16/h3-4,9,11,18H,2,5-8,10H2,1H3. The normalized spacial score (nSPS) is 16.1. The summed E-state index contributed by atoms with van der Waals surface area (Å²) in [4.78, 5) is 14.6. The molecule has 0 spiro atoms. The molecule has 3 nitrogen and oxygen atoms in total. The average Bonchev–Trinajstić information content (AvgIpc) is 2.45. The molecule has 20 heavy (non-hydrogen) atoms. The lowest BCUT2D eigenvalue weighted by atomic mass is 9.97. The van der Waals surface area contributed by atoms with Crippen molar-refractivity contribution in [2.75, 3.05) is 26.2 Å². The van der Waals surface area contributed by atoms with Crippen LogP contribution in [0.4, 0.5) is 0 Å². The minimum atomic E-state index is 0.0783. The average molecular weight is 360 g/mol. The maximum absolute atomic E-state index is 12.6. The number of nitrogens with one attached hydrogen (secondary N) is 1. The summed E-state index contributed by atoms with van der Waals surface area (Å²) in [6.07, 6.45) is 2.29. The molecule has 0 atom stereocenters. The summed E-state index contributed by atoms with van der Waals surface area (Å²) in [5.74, 6) is 0.681. The van der Waals surface area contributed by atoms with Crippen molar-refractivity contribution in [3.8, 4) is 0 Å². The Morgan fingerprint density at radius 3 is 2.75 bits per heavy atom. The maximum atomic E-state index is 12.6. The largest absolute Gasteiger partial charge is 0.339 e. The van der Waals surface area contributed by atoms with E-state index in [1.54, 1.807) is 18.2 Å². The minimum absolute atomic E-state index is 0.0783.